The number of carbonyl (C=O) groups excluding carboxylic acids is 1. The number of aliphatic hydroxyl groups is 1. The van der Waals surface area contributed by atoms with E-state index in [1.807, 2.05) is 0 Å². The Bertz CT molecular complexity index is 1700. The fourth-order valence-corrected chi connectivity index (χ4v) is 7.59. The van der Waals surface area contributed by atoms with Crippen molar-refractivity contribution in [3.8, 4) is 0 Å². The van der Waals surface area contributed by atoms with Gasteiger partial charge < -0.3 is 20.1 Å². The van der Waals surface area contributed by atoms with Gasteiger partial charge in [-0.2, -0.15) is 8.42 Å². The minimum Gasteiger partial charge on any atom is -0.511 e. The van der Waals surface area contributed by atoms with Crippen LogP contribution < -0.4 is 10.0 Å². The Hall–Kier alpha value is -3.49. The molecular weight excluding hydrogens is 551 g/mol. The molecule has 0 spiro atoms. The second-order valence-corrected chi connectivity index (χ2v) is 13.5. The van der Waals surface area contributed by atoms with Gasteiger partial charge in [0.2, 0.25) is 10.0 Å². The number of aryl methyl sites for hydroxylation is 1. The Morgan fingerprint density at radius 3 is 2.67 bits per heavy atom. The van der Waals surface area contributed by atoms with Crippen LogP contribution in [0.3, 0.4) is 0 Å². The molecule has 4 aliphatic heterocycles. The standard InChI is InChI=1S/C25H25FN4O7S2/c1-12-9-13(3-5-15(12)26)11-30-22-18-8-7-17(37-18)20(22)23(31)21(25(30)32)24-27-16-6-4-14(28-38(2,33)34)10-19(16)39(35,36)29-24/h3-6,9-10,17-18,20,22,28,31H,7-8,11H2,1-2H3,(H,27,29)/t17-,18-,20-,22+/m1/s1. The van der Waals surface area contributed by atoms with E-state index in [2.05, 4.69) is 14.4 Å². The first-order valence-corrected chi connectivity index (χ1v) is 15.5. The molecule has 2 bridgehead atoms. The van der Waals surface area contributed by atoms with Crippen molar-refractivity contribution in [1.82, 2.24) is 4.90 Å². The summed E-state index contributed by atoms with van der Waals surface area (Å²) in [6.07, 6.45) is 1.69. The number of fused-ring (bicyclic) bond motifs is 6. The lowest BCUT2D eigenvalue weighted by Gasteiger charge is -2.42. The molecule has 39 heavy (non-hydrogen) atoms. The van der Waals surface area contributed by atoms with Crippen molar-refractivity contribution in [3.05, 3.63) is 64.7 Å². The van der Waals surface area contributed by atoms with Crippen molar-refractivity contribution in [3.63, 3.8) is 0 Å². The number of nitrogens with one attached hydrogen (secondary N) is 2. The van der Waals surface area contributed by atoms with E-state index in [4.69, 9.17) is 4.74 Å². The summed E-state index contributed by atoms with van der Waals surface area (Å²) in [5.41, 5.74) is 0.908. The van der Waals surface area contributed by atoms with E-state index < -0.39 is 37.9 Å². The van der Waals surface area contributed by atoms with Crippen molar-refractivity contribution in [2.75, 3.05) is 16.3 Å². The SMILES string of the molecule is Cc1cc(CN2C(=O)C(C3=NS(=O)(=O)c4cc(NS(C)(=O)=O)ccc4N3)=C(O)[C@H]3[C@@H]2[C@H]2CC[C@H]3O2)ccc1F. The molecule has 1 amide bonds. The first-order valence-electron chi connectivity index (χ1n) is 12.2. The third-order valence-corrected chi connectivity index (χ3v) is 9.40. The molecule has 14 heteroatoms. The Morgan fingerprint density at radius 2 is 1.95 bits per heavy atom. The Morgan fingerprint density at radius 1 is 1.21 bits per heavy atom. The zero-order chi connectivity index (χ0) is 27.9. The molecule has 11 nitrogen and oxygen atoms in total. The summed E-state index contributed by atoms with van der Waals surface area (Å²) in [6, 6.07) is 7.92. The summed E-state index contributed by atoms with van der Waals surface area (Å²) in [7, 11) is -8.04. The molecule has 0 aliphatic carbocycles. The number of carbonyl (C=O) groups is 1. The highest BCUT2D eigenvalue weighted by Gasteiger charge is 2.58. The lowest BCUT2D eigenvalue weighted by molar-refractivity contribution is -0.133. The Balaban J connectivity index is 1.41. The van der Waals surface area contributed by atoms with Crippen molar-refractivity contribution >= 4 is 43.2 Å². The number of aliphatic hydroxyl groups excluding tert-OH is 1. The molecule has 0 saturated carbocycles. The van der Waals surface area contributed by atoms with E-state index in [0.717, 1.165) is 12.3 Å². The number of anilines is 2. The van der Waals surface area contributed by atoms with E-state index >= 15 is 0 Å². The fourth-order valence-electron chi connectivity index (χ4n) is 5.89. The van der Waals surface area contributed by atoms with Gasteiger partial charge in [0.05, 0.1) is 36.1 Å². The highest BCUT2D eigenvalue weighted by molar-refractivity contribution is 7.92. The van der Waals surface area contributed by atoms with Gasteiger partial charge >= 0.3 is 0 Å². The van der Waals surface area contributed by atoms with Gasteiger partial charge in [-0.05, 0) is 55.2 Å². The Labute approximate surface area is 224 Å². The normalized spacial score (nSPS) is 27.1. The third kappa shape index (κ3) is 4.36. The monoisotopic (exact) mass is 576 g/mol. The average Bonchev–Trinajstić information content (AvgIpc) is 3.46. The maximum atomic E-state index is 13.9. The van der Waals surface area contributed by atoms with Gasteiger partial charge in [0.15, 0.2) is 5.84 Å². The number of amidine groups is 1. The van der Waals surface area contributed by atoms with E-state index in [0.29, 0.717) is 24.0 Å². The molecule has 4 aliphatic rings. The molecular formula is C25H25FN4O7S2. The van der Waals surface area contributed by atoms with Crippen molar-refractivity contribution < 1.29 is 35.9 Å². The second-order valence-electron chi connectivity index (χ2n) is 10.2. The largest absolute Gasteiger partial charge is 0.511 e. The predicted molar refractivity (Wildman–Crippen MR) is 140 cm³/mol. The van der Waals surface area contributed by atoms with Gasteiger partial charge in [0.1, 0.15) is 22.0 Å². The minimum absolute atomic E-state index is 0.0267. The van der Waals surface area contributed by atoms with Crippen LogP contribution in [-0.4, -0.2) is 63.1 Å². The van der Waals surface area contributed by atoms with E-state index in [1.54, 1.807) is 24.0 Å². The molecule has 2 aromatic carbocycles. The van der Waals surface area contributed by atoms with Crippen LogP contribution in [0, 0.1) is 18.7 Å². The van der Waals surface area contributed by atoms with Gasteiger partial charge in [0, 0.05) is 12.2 Å². The zero-order valence-electron chi connectivity index (χ0n) is 20.9. The van der Waals surface area contributed by atoms with Gasteiger partial charge in [-0.3, -0.25) is 9.52 Å². The first kappa shape index (κ1) is 25.8. The number of halogens is 1. The molecule has 2 fully saturated rings. The minimum atomic E-state index is -4.38. The number of amides is 1. The molecule has 3 N–H and O–H groups in total. The highest BCUT2D eigenvalue weighted by Crippen LogP contribution is 2.48. The molecule has 4 atom stereocenters. The average molecular weight is 577 g/mol. The lowest BCUT2D eigenvalue weighted by atomic mass is 9.77. The summed E-state index contributed by atoms with van der Waals surface area (Å²) in [6.45, 7) is 1.72. The van der Waals surface area contributed by atoms with E-state index in [9.17, 15) is 31.1 Å². The summed E-state index contributed by atoms with van der Waals surface area (Å²) >= 11 is 0. The number of sulfonamides is 2. The van der Waals surface area contributed by atoms with E-state index in [1.165, 1.54) is 18.2 Å². The maximum Gasteiger partial charge on any atom is 0.286 e. The topological polar surface area (TPSA) is 154 Å². The van der Waals surface area contributed by atoms with Crippen LogP contribution in [0.25, 0.3) is 0 Å². The highest BCUT2D eigenvalue weighted by atomic mass is 32.2. The van der Waals surface area contributed by atoms with E-state index in [-0.39, 0.29) is 58.0 Å². The number of hydrogen-bond acceptors (Lipinski definition) is 8. The molecule has 0 radical (unpaired) electrons. The number of hydrogen-bond donors (Lipinski definition) is 3. The van der Waals surface area contributed by atoms with Crippen LogP contribution in [-0.2, 0) is 36.1 Å². The Kier molecular flexibility index (Phi) is 5.79. The van der Waals surface area contributed by atoms with Gasteiger partial charge in [0.25, 0.3) is 15.9 Å². The second kappa shape index (κ2) is 8.76. The quantitative estimate of drug-likeness (QED) is 0.490. The van der Waals surface area contributed by atoms with Crippen LogP contribution >= 0.6 is 0 Å². The summed E-state index contributed by atoms with van der Waals surface area (Å²) in [4.78, 5) is 15.2. The third-order valence-electron chi connectivity index (χ3n) is 7.48. The molecule has 4 heterocycles. The number of ether oxygens (including phenoxy) is 1. The molecule has 206 valence electrons. The number of nitrogens with zero attached hydrogens (tertiary/aromatic N) is 2. The lowest BCUT2D eigenvalue weighted by Crippen LogP contribution is -2.55. The number of rotatable bonds is 5. The van der Waals surface area contributed by atoms with Crippen LogP contribution in [0.1, 0.15) is 24.0 Å². The molecule has 0 aromatic heterocycles. The predicted octanol–water partition coefficient (Wildman–Crippen LogP) is 2.42. The van der Waals surface area contributed by atoms with Crippen LogP contribution in [0.15, 0.2) is 57.0 Å². The van der Waals surface area contributed by atoms with Crippen LogP contribution in [0.2, 0.25) is 0 Å². The van der Waals surface area contributed by atoms with Gasteiger partial charge in [-0.25, -0.2) is 12.8 Å². The summed E-state index contributed by atoms with van der Waals surface area (Å²) in [5, 5.41) is 14.2. The first-order chi connectivity index (χ1) is 18.3. The molecule has 2 saturated heterocycles. The summed E-state index contributed by atoms with van der Waals surface area (Å²) in [5.74, 6) is -2.21. The van der Waals surface area contributed by atoms with Crippen molar-refractivity contribution in [2.24, 2.45) is 10.3 Å². The van der Waals surface area contributed by atoms with Gasteiger partial charge in [-0.15, -0.1) is 4.40 Å². The van der Waals surface area contributed by atoms with Crippen LogP contribution in [0.5, 0.6) is 0 Å². The zero-order valence-corrected chi connectivity index (χ0v) is 22.5. The molecule has 6 rings (SSSR count). The summed E-state index contributed by atoms with van der Waals surface area (Å²) < 4.78 is 75.5. The van der Waals surface area contributed by atoms with Gasteiger partial charge in [-0.1, -0.05) is 12.1 Å². The van der Waals surface area contributed by atoms with Crippen molar-refractivity contribution in [1.29, 1.82) is 0 Å². The number of benzene rings is 2. The fraction of sp³-hybridized carbons (Fsp3) is 0.360. The van der Waals surface area contributed by atoms with Crippen LogP contribution in [0.4, 0.5) is 15.8 Å². The smallest absolute Gasteiger partial charge is 0.286 e. The van der Waals surface area contributed by atoms with Crippen molar-refractivity contribution in [2.45, 2.75) is 49.5 Å². The molecule has 2 aromatic rings. The maximum absolute atomic E-state index is 13.9. The molecule has 0 unspecified atom stereocenters.